The number of esters is 2. The van der Waals surface area contributed by atoms with Gasteiger partial charge in [0.2, 0.25) is 0 Å². The van der Waals surface area contributed by atoms with Crippen LogP contribution < -0.4 is 0 Å². The normalized spacial score (nSPS) is 13.7. The molecule has 0 atom stereocenters. The molecule has 64 valence electrons. The molecular weight excluding hydrogens is 182 g/mol. The molecular formula is C8F2O3. The zero-order valence-electron chi connectivity index (χ0n) is 5.98. The third-order valence-corrected chi connectivity index (χ3v) is 1.56. The second-order valence-corrected chi connectivity index (χ2v) is 2.30. The topological polar surface area (TPSA) is 43.4 Å². The molecule has 13 heavy (non-hydrogen) atoms. The number of cyclic esters (lactones) is 2. The van der Waals surface area contributed by atoms with E-state index in [-0.39, 0.29) is 0 Å². The van der Waals surface area contributed by atoms with Gasteiger partial charge in [-0.3, -0.25) is 0 Å². The van der Waals surface area contributed by atoms with Gasteiger partial charge in [-0.2, -0.15) is 8.78 Å². The summed E-state index contributed by atoms with van der Waals surface area (Å²) in [6, 6.07) is 3.46. The van der Waals surface area contributed by atoms with Crippen molar-refractivity contribution in [2.24, 2.45) is 0 Å². The van der Waals surface area contributed by atoms with Gasteiger partial charge in [0.05, 0.1) is 0 Å². The van der Waals surface area contributed by atoms with Crippen molar-refractivity contribution in [2.45, 2.75) is 0 Å². The lowest BCUT2D eigenvalue weighted by Gasteiger charge is -1.89. The van der Waals surface area contributed by atoms with Crippen LogP contribution in [-0.4, -0.2) is 11.9 Å². The average Bonchev–Trinajstić information content (AvgIpc) is 2.36. The average molecular weight is 182 g/mol. The van der Waals surface area contributed by atoms with Gasteiger partial charge in [-0.1, -0.05) is 0 Å². The van der Waals surface area contributed by atoms with Crippen LogP contribution in [0.5, 0.6) is 0 Å². The van der Waals surface area contributed by atoms with Crippen molar-refractivity contribution in [1.29, 1.82) is 0 Å². The van der Waals surface area contributed by atoms with Crippen LogP contribution >= 0.6 is 0 Å². The number of ether oxygens (including phenoxy) is 1. The molecule has 1 aromatic rings. The highest BCUT2D eigenvalue weighted by Crippen LogP contribution is 2.22. The SMILES string of the molecule is O=C1OC(=O)c2c(F)c#cc(F)c21. The van der Waals surface area contributed by atoms with Crippen molar-refractivity contribution < 1.29 is 23.1 Å². The fourth-order valence-electron chi connectivity index (χ4n) is 1.02. The molecule has 3 nitrogen and oxygen atoms in total. The molecule has 0 saturated carbocycles. The molecule has 1 heterocycles. The first-order valence-electron chi connectivity index (χ1n) is 3.19. The summed E-state index contributed by atoms with van der Waals surface area (Å²) in [5.41, 5.74) is -1.41. The Morgan fingerprint density at radius 2 is 1.31 bits per heavy atom. The lowest BCUT2D eigenvalue weighted by molar-refractivity contribution is 0.0441. The van der Waals surface area contributed by atoms with Gasteiger partial charge < -0.3 is 4.74 Å². The third-order valence-electron chi connectivity index (χ3n) is 1.56. The van der Waals surface area contributed by atoms with E-state index in [4.69, 9.17) is 0 Å². The number of halogens is 2. The summed E-state index contributed by atoms with van der Waals surface area (Å²) < 4.78 is 29.6. The van der Waals surface area contributed by atoms with Gasteiger partial charge in [-0.15, -0.1) is 0 Å². The van der Waals surface area contributed by atoms with Crippen molar-refractivity contribution in [2.75, 3.05) is 0 Å². The Bertz CT molecular complexity index is 387. The van der Waals surface area contributed by atoms with Crippen LogP contribution in [0.3, 0.4) is 0 Å². The molecule has 0 radical (unpaired) electrons. The number of fused-ring (bicyclic) bond motifs is 1. The van der Waals surface area contributed by atoms with Crippen LogP contribution in [0, 0.1) is 23.8 Å². The Balaban J connectivity index is 2.81. The van der Waals surface area contributed by atoms with Crippen molar-refractivity contribution in [3.63, 3.8) is 0 Å². The Kier molecular flexibility index (Phi) is 1.34. The summed E-state index contributed by atoms with van der Waals surface area (Å²) in [5, 5.41) is 0. The quantitative estimate of drug-likeness (QED) is 0.441. The van der Waals surface area contributed by atoms with E-state index in [1.165, 1.54) is 0 Å². The molecule has 0 bridgehead atoms. The highest BCUT2D eigenvalue weighted by atomic mass is 19.1. The molecule has 2 rings (SSSR count). The van der Waals surface area contributed by atoms with Gasteiger partial charge in [0.25, 0.3) is 0 Å². The maximum atomic E-state index is 12.8. The Hall–Kier alpha value is -1.96. The maximum absolute atomic E-state index is 12.8. The highest BCUT2D eigenvalue weighted by molar-refractivity contribution is 6.14. The zero-order valence-corrected chi connectivity index (χ0v) is 5.98. The fourth-order valence-corrected chi connectivity index (χ4v) is 1.02. The van der Waals surface area contributed by atoms with E-state index in [1.807, 2.05) is 0 Å². The molecule has 0 aliphatic carbocycles. The van der Waals surface area contributed by atoms with E-state index >= 15 is 0 Å². The maximum Gasteiger partial charge on any atom is 0.350 e. The van der Waals surface area contributed by atoms with Gasteiger partial charge in [0.1, 0.15) is 11.1 Å². The van der Waals surface area contributed by atoms with Crippen LogP contribution in [0.4, 0.5) is 8.78 Å². The second-order valence-electron chi connectivity index (χ2n) is 2.30. The van der Waals surface area contributed by atoms with Crippen LogP contribution in [0.25, 0.3) is 0 Å². The minimum atomic E-state index is -1.19. The smallest absolute Gasteiger partial charge is 0.350 e. The molecule has 0 fully saturated rings. The van der Waals surface area contributed by atoms with E-state index in [2.05, 4.69) is 4.74 Å². The molecule has 0 aromatic heterocycles. The lowest BCUT2D eigenvalue weighted by atomic mass is 10.1. The molecule has 0 N–H and O–H groups in total. The minimum Gasteiger partial charge on any atom is -0.385 e. The molecule has 0 amide bonds. The van der Waals surface area contributed by atoms with Crippen LogP contribution in [0.2, 0.25) is 0 Å². The van der Waals surface area contributed by atoms with Crippen molar-refractivity contribution >= 4 is 11.9 Å². The highest BCUT2D eigenvalue weighted by Gasteiger charge is 2.35. The summed E-state index contributed by atoms with van der Waals surface area (Å²) in [4.78, 5) is 21.5. The number of hydrogen-bond donors (Lipinski definition) is 0. The predicted octanol–water partition coefficient (Wildman–Crippen LogP) is 0.876. The Morgan fingerprint density at radius 3 is 1.69 bits per heavy atom. The molecule has 0 spiro atoms. The first kappa shape index (κ1) is 7.68. The fraction of sp³-hybridized carbons (Fsp3) is 0. The molecule has 5 heteroatoms. The summed E-state index contributed by atoms with van der Waals surface area (Å²) in [6.07, 6.45) is 0. The van der Waals surface area contributed by atoms with Gasteiger partial charge in [0, 0.05) is 0 Å². The number of hydrogen-bond acceptors (Lipinski definition) is 3. The number of carbonyl (C=O) groups is 2. The van der Waals surface area contributed by atoms with E-state index < -0.39 is 34.7 Å². The van der Waals surface area contributed by atoms with Gasteiger partial charge in [0.15, 0.2) is 11.6 Å². The van der Waals surface area contributed by atoms with Gasteiger partial charge in [-0.05, 0) is 12.1 Å². The molecule has 0 unspecified atom stereocenters. The van der Waals surface area contributed by atoms with Crippen molar-refractivity contribution in [3.8, 4) is 0 Å². The molecule has 1 aliphatic rings. The third kappa shape index (κ3) is 0.888. The minimum absolute atomic E-state index is 0.707. The lowest BCUT2D eigenvalue weighted by Crippen LogP contribution is -1.98. The molecule has 0 saturated heterocycles. The Labute approximate surface area is 70.9 Å². The standard InChI is InChI=1S/C8F2O3/c9-3-1-2-4(10)6-5(3)7(11)13-8(6)12. The van der Waals surface area contributed by atoms with Crippen molar-refractivity contribution in [1.82, 2.24) is 0 Å². The first-order chi connectivity index (χ1) is 6.11. The summed E-state index contributed by atoms with van der Waals surface area (Å²) in [5.74, 6) is -4.65. The summed E-state index contributed by atoms with van der Waals surface area (Å²) in [7, 11) is 0. The van der Waals surface area contributed by atoms with E-state index in [0.717, 1.165) is 0 Å². The molecule has 1 aliphatic heterocycles. The summed E-state index contributed by atoms with van der Waals surface area (Å²) >= 11 is 0. The van der Waals surface area contributed by atoms with Crippen LogP contribution in [-0.2, 0) is 4.74 Å². The van der Waals surface area contributed by atoms with Crippen molar-refractivity contribution in [3.05, 3.63) is 34.9 Å². The van der Waals surface area contributed by atoms with E-state index in [1.54, 1.807) is 12.1 Å². The monoisotopic (exact) mass is 182 g/mol. The number of carbonyl (C=O) groups excluding carboxylic acids is 2. The first-order valence-corrected chi connectivity index (χ1v) is 3.19. The zero-order chi connectivity index (χ0) is 9.59. The summed E-state index contributed by atoms with van der Waals surface area (Å²) in [6.45, 7) is 0. The van der Waals surface area contributed by atoms with Crippen LogP contribution in [0.15, 0.2) is 0 Å². The Morgan fingerprint density at radius 1 is 0.923 bits per heavy atom. The van der Waals surface area contributed by atoms with Gasteiger partial charge in [-0.25, -0.2) is 9.59 Å². The predicted molar refractivity (Wildman–Crippen MR) is 33.8 cm³/mol. The van der Waals surface area contributed by atoms with E-state index in [0.29, 0.717) is 0 Å². The van der Waals surface area contributed by atoms with Gasteiger partial charge >= 0.3 is 11.9 Å². The number of rotatable bonds is 0. The second kappa shape index (κ2) is 2.26. The van der Waals surface area contributed by atoms with E-state index in [9.17, 15) is 18.4 Å². The molecule has 1 aromatic carbocycles. The largest absolute Gasteiger partial charge is 0.385 e. The van der Waals surface area contributed by atoms with Crippen LogP contribution in [0.1, 0.15) is 20.7 Å².